The van der Waals surface area contributed by atoms with Crippen molar-refractivity contribution < 1.29 is 101 Å². The van der Waals surface area contributed by atoms with Crippen LogP contribution in [0.2, 0.25) is 0 Å². The monoisotopic (exact) mass is 820 g/mol. The lowest BCUT2D eigenvalue weighted by molar-refractivity contribution is -0.217. The quantitative estimate of drug-likeness (QED) is 0.0696. The second kappa shape index (κ2) is 22.3. The van der Waals surface area contributed by atoms with Crippen LogP contribution >= 0.6 is 0 Å². The van der Waals surface area contributed by atoms with Crippen molar-refractivity contribution in [1.82, 2.24) is 0 Å². The molecule has 0 N–H and O–H groups in total. The number of carbonyl (C=O) groups is 6. The van der Waals surface area contributed by atoms with E-state index in [1.807, 2.05) is 0 Å². The lowest BCUT2D eigenvalue weighted by Gasteiger charge is -2.30. The molecule has 3 aromatic carbocycles. The average Bonchev–Trinajstić information content (AvgIpc) is 3.25. The fraction of sp³-hybridized carbons (Fsp3) is 0.351. The first-order valence-corrected chi connectivity index (χ1v) is 16.7. The minimum atomic E-state index is -1.62. The fourth-order valence-electron chi connectivity index (χ4n) is 4.85. The van der Waals surface area contributed by atoms with Gasteiger partial charge in [-0.3, -0.25) is 0 Å². The van der Waals surface area contributed by atoms with Crippen LogP contribution in [0.1, 0.15) is 50.8 Å². The smallest absolute Gasteiger partial charge is 0.497 e. The summed E-state index contributed by atoms with van der Waals surface area (Å²) in [6.45, 7) is -0.523. The van der Waals surface area contributed by atoms with Gasteiger partial charge in [-0.05, 0) is 61.0 Å². The van der Waals surface area contributed by atoms with E-state index in [-0.39, 0.29) is 64.0 Å². The predicted octanol–water partition coefficient (Wildman–Crippen LogP) is 5.60. The van der Waals surface area contributed by atoms with E-state index in [4.69, 9.17) is 42.6 Å². The first-order valence-electron chi connectivity index (χ1n) is 16.7. The Morgan fingerprint density at radius 1 is 0.431 bits per heavy atom. The van der Waals surface area contributed by atoms with Gasteiger partial charge in [-0.2, -0.15) is 14.4 Å². The predicted molar refractivity (Wildman–Crippen MR) is 190 cm³/mol. The third kappa shape index (κ3) is 12.9. The molecule has 3 aromatic rings. The Labute approximate surface area is 330 Å². The molecular weight excluding hydrogens is 780 g/mol. The second-order valence-electron chi connectivity index (χ2n) is 11.4. The maximum Gasteiger partial charge on any atom is 0.549 e. The Bertz CT molecular complexity index is 1700. The number of methoxy groups -OCH3 is 6. The van der Waals surface area contributed by atoms with Crippen molar-refractivity contribution in [3.63, 3.8) is 0 Å². The normalized spacial score (nSPS) is 10.4. The molecule has 0 aliphatic rings. The van der Waals surface area contributed by atoms with Gasteiger partial charge in [0.25, 0.3) is 0 Å². The molecule has 58 heavy (non-hydrogen) atoms. The maximum absolute atomic E-state index is 12.7. The number of hydrogen-bond donors (Lipinski definition) is 0. The molecule has 0 bridgehead atoms. The summed E-state index contributed by atoms with van der Waals surface area (Å²) in [5.74, 6) is -2.48. The van der Waals surface area contributed by atoms with E-state index in [0.717, 1.165) is 0 Å². The van der Waals surface area contributed by atoms with E-state index in [0.29, 0.717) is 0 Å². The molecule has 0 amide bonds. The first kappa shape index (κ1) is 45.1. The van der Waals surface area contributed by atoms with E-state index in [2.05, 4.69) is 29.3 Å². The zero-order valence-corrected chi connectivity index (χ0v) is 32.3. The lowest BCUT2D eigenvalue weighted by Crippen LogP contribution is -2.40. The minimum Gasteiger partial charge on any atom is -0.497 e. The van der Waals surface area contributed by atoms with E-state index in [1.165, 1.54) is 97.3 Å². The van der Waals surface area contributed by atoms with Crippen molar-refractivity contribution in [1.29, 1.82) is 0 Å². The van der Waals surface area contributed by atoms with Gasteiger partial charge in [0.05, 0.1) is 48.1 Å². The molecule has 21 heteroatoms. The molecule has 0 radical (unpaired) electrons. The number of benzene rings is 3. The van der Waals surface area contributed by atoms with E-state index in [9.17, 15) is 28.8 Å². The summed E-state index contributed by atoms with van der Waals surface area (Å²) in [7, 11) is 7.96. The van der Waals surface area contributed by atoms with Crippen molar-refractivity contribution in [2.75, 3.05) is 62.5 Å². The summed E-state index contributed by atoms with van der Waals surface area (Å²) in [6, 6.07) is 12.6. The van der Waals surface area contributed by atoms with Crippen LogP contribution in [0.15, 0.2) is 54.6 Å². The van der Waals surface area contributed by atoms with Crippen LogP contribution in [-0.2, 0) is 43.5 Å². The third-order valence-electron chi connectivity index (χ3n) is 7.70. The highest BCUT2D eigenvalue weighted by Gasteiger charge is 2.37. The molecule has 21 nitrogen and oxygen atoms in total. The fourth-order valence-corrected chi connectivity index (χ4v) is 4.85. The van der Waals surface area contributed by atoms with Gasteiger partial charge in [-0.15, -0.1) is 0 Å². The second-order valence-corrected chi connectivity index (χ2v) is 11.4. The summed E-state index contributed by atoms with van der Waals surface area (Å²) in [6.07, 6.45) is -4.38. The van der Waals surface area contributed by atoms with Crippen LogP contribution in [0, 0.1) is 5.41 Å². The van der Waals surface area contributed by atoms with Gasteiger partial charge in [0.15, 0.2) is 0 Å². The summed E-state index contributed by atoms with van der Waals surface area (Å²) in [5.41, 5.74) is -2.11. The molecule has 0 aromatic heterocycles. The third-order valence-corrected chi connectivity index (χ3v) is 7.70. The maximum atomic E-state index is 12.7. The summed E-state index contributed by atoms with van der Waals surface area (Å²) in [4.78, 5) is 103. The summed E-state index contributed by atoms with van der Waals surface area (Å²) < 4.78 is 46.0. The van der Waals surface area contributed by atoms with Gasteiger partial charge in [-0.1, -0.05) is 13.3 Å². The average molecular weight is 821 g/mol. The van der Waals surface area contributed by atoms with Gasteiger partial charge in [0.2, 0.25) is 0 Å². The minimum absolute atomic E-state index is 0.0107. The molecular formula is C37H40O21. The number of carbonyl (C=O) groups excluding carboxylic acids is 6. The van der Waals surface area contributed by atoms with E-state index < -0.39 is 61.6 Å². The van der Waals surface area contributed by atoms with Crippen molar-refractivity contribution >= 4 is 36.4 Å². The topological polar surface area (TPSA) is 241 Å². The van der Waals surface area contributed by atoms with Gasteiger partial charge in [-0.25, -0.2) is 43.7 Å². The zero-order chi connectivity index (χ0) is 42.7. The Morgan fingerprint density at radius 2 is 0.724 bits per heavy atom. The van der Waals surface area contributed by atoms with Crippen LogP contribution < -0.4 is 28.4 Å². The number of ether oxygens (including phenoxy) is 9. The lowest BCUT2D eigenvalue weighted by atomic mass is 9.86. The Morgan fingerprint density at radius 3 is 0.966 bits per heavy atom. The zero-order valence-electron chi connectivity index (χ0n) is 32.3. The summed E-state index contributed by atoms with van der Waals surface area (Å²) in [5, 5.41) is 0. The molecule has 0 saturated carbocycles. The largest absolute Gasteiger partial charge is 0.549 e. The highest BCUT2D eigenvalue weighted by molar-refractivity contribution is 5.94. The Kier molecular flexibility index (Phi) is 17.3. The van der Waals surface area contributed by atoms with Crippen molar-refractivity contribution in [2.45, 2.75) is 19.8 Å². The van der Waals surface area contributed by atoms with Crippen LogP contribution in [0.4, 0.5) is 14.4 Å². The molecule has 3 rings (SSSR count). The molecule has 0 fully saturated rings. The molecule has 0 aliphatic heterocycles. The standard InChI is InChI=1S/C37H40O21/c1-8-15-37(19-50-34(41)56-53-31(38)25-16-22(44-2)9-12-28(25)47-5,20-51-35(42)57-54-32(39)26-17-23(45-3)10-13-29(26)48-6)21-52-36(43)58-55-33(40)27-18-24(46-4)11-14-30(27)49-7/h9-14,16-18H,8,15,19-21H2,1-7H3. The SMILES string of the molecule is CCCC(COC(=O)OOC(=O)c1cc(OC)ccc1OC)(COC(=O)OOC(=O)c1cc(OC)ccc1OC)COC(=O)OOC(=O)c1cc(OC)ccc1OC. The van der Waals surface area contributed by atoms with Crippen molar-refractivity contribution in [3.05, 3.63) is 71.3 Å². The van der Waals surface area contributed by atoms with Crippen LogP contribution in [0.5, 0.6) is 34.5 Å². The van der Waals surface area contributed by atoms with Crippen molar-refractivity contribution in [3.8, 4) is 34.5 Å². The van der Waals surface area contributed by atoms with Gasteiger partial charge >= 0.3 is 36.4 Å². The molecule has 314 valence electrons. The molecule has 0 heterocycles. The molecule has 0 spiro atoms. The van der Waals surface area contributed by atoms with Crippen LogP contribution in [-0.4, -0.2) is 98.9 Å². The molecule has 0 atom stereocenters. The first-order chi connectivity index (χ1) is 27.9. The van der Waals surface area contributed by atoms with Gasteiger partial charge < -0.3 is 42.6 Å². The number of hydrogen-bond acceptors (Lipinski definition) is 21. The van der Waals surface area contributed by atoms with Crippen LogP contribution in [0.3, 0.4) is 0 Å². The van der Waals surface area contributed by atoms with E-state index >= 15 is 0 Å². The Balaban J connectivity index is 1.72. The highest BCUT2D eigenvalue weighted by atomic mass is 17.2. The van der Waals surface area contributed by atoms with Gasteiger partial charge in [0.1, 0.15) is 71.0 Å². The van der Waals surface area contributed by atoms with E-state index in [1.54, 1.807) is 6.92 Å². The molecule has 0 saturated heterocycles. The van der Waals surface area contributed by atoms with Crippen LogP contribution in [0.25, 0.3) is 0 Å². The molecule has 0 aliphatic carbocycles. The van der Waals surface area contributed by atoms with Gasteiger partial charge in [0, 0.05) is 0 Å². The summed E-state index contributed by atoms with van der Waals surface area (Å²) >= 11 is 0. The Hall–Kier alpha value is -7.32. The highest BCUT2D eigenvalue weighted by Crippen LogP contribution is 2.29. The number of rotatable bonds is 17. The van der Waals surface area contributed by atoms with Crippen molar-refractivity contribution in [2.24, 2.45) is 5.41 Å². The molecule has 0 unspecified atom stereocenters.